The molecule has 0 saturated heterocycles. The molecule has 0 aliphatic rings. The van der Waals surface area contributed by atoms with Crippen molar-refractivity contribution in [3.63, 3.8) is 0 Å². The van der Waals surface area contributed by atoms with Gasteiger partial charge in [-0.1, -0.05) is 365 Å². The Bertz CT molecular complexity index is 1340. The molecule has 1 unspecified atom stereocenters. The molecule has 0 rings (SSSR count). The Morgan fingerprint density at radius 1 is 0.263 bits per heavy atom. The summed E-state index contributed by atoms with van der Waals surface area (Å²) in [6.07, 6.45) is 86.3. The summed E-state index contributed by atoms with van der Waals surface area (Å²) in [6.45, 7) is 6.58. The Hall–Kier alpha value is -2.37. The van der Waals surface area contributed by atoms with Crippen LogP contribution in [0.4, 0.5) is 0 Å². The first kappa shape index (κ1) is 77.6. The van der Waals surface area contributed by atoms with Crippen LogP contribution in [0.1, 0.15) is 400 Å². The first-order valence-electron chi connectivity index (χ1n) is 36.0. The van der Waals surface area contributed by atoms with Gasteiger partial charge in [0.05, 0.1) is 0 Å². The molecule has 0 heterocycles. The number of carbonyl (C=O) groups is 3. The Morgan fingerprint density at radius 3 is 0.762 bits per heavy atom. The van der Waals surface area contributed by atoms with Gasteiger partial charge in [0.25, 0.3) is 0 Å². The summed E-state index contributed by atoms with van der Waals surface area (Å²) in [5.41, 5.74) is 0. The van der Waals surface area contributed by atoms with Crippen molar-refractivity contribution in [2.75, 3.05) is 13.2 Å². The third-order valence-corrected chi connectivity index (χ3v) is 16.4. The van der Waals surface area contributed by atoms with Gasteiger partial charge < -0.3 is 14.2 Å². The molecule has 0 aromatic carbocycles. The Balaban J connectivity index is 4.20. The molecule has 0 saturated carbocycles. The summed E-state index contributed by atoms with van der Waals surface area (Å²) in [5, 5.41) is 0. The number of carbonyl (C=O) groups excluding carboxylic acids is 3. The number of allylic oxidation sites excluding steroid dienone is 6. The van der Waals surface area contributed by atoms with Gasteiger partial charge in [-0.3, -0.25) is 14.4 Å². The zero-order chi connectivity index (χ0) is 57.8. The topological polar surface area (TPSA) is 78.9 Å². The minimum Gasteiger partial charge on any atom is -0.462 e. The largest absolute Gasteiger partial charge is 0.462 e. The van der Waals surface area contributed by atoms with Crippen LogP contribution in [0.2, 0.25) is 0 Å². The monoisotopic (exact) mass is 1120 g/mol. The molecule has 0 aromatic heterocycles. The number of esters is 3. The lowest BCUT2D eigenvalue weighted by molar-refractivity contribution is -0.167. The highest BCUT2D eigenvalue weighted by Gasteiger charge is 2.19. The van der Waals surface area contributed by atoms with Crippen LogP contribution in [-0.4, -0.2) is 37.2 Å². The smallest absolute Gasteiger partial charge is 0.306 e. The van der Waals surface area contributed by atoms with E-state index in [2.05, 4.69) is 57.2 Å². The maximum absolute atomic E-state index is 12.9. The van der Waals surface area contributed by atoms with Crippen molar-refractivity contribution in [3.8, 4) is 0 Å². The van der Waals surface area contributed by atoms with Gasteiger partial charge >= 0.3 is 17.9 Å². The van der Waals surface area contributed by atoms with E-state index in [-0.39, 0.29) is 31.1 Å². The van der Waals surface area contributed by atoms with Crippen LogP contribution < -0.4 is 0 Å². The highest BCUT2D eigenvalue weighted by atomic mass is 16.6. The fourth-order valence-corrected chi connectivity index (χ4v) is 11.1. The van der Waals surface area contributed by atoms with Gasteiger partial charge in [-0.25, -0.2) is 0 Å². The normalized spacial score (nSPS) is 12.2. The molecule has 6 heteroatoms. The summed E-state index contributed by atoms with van der Waals surface area (Å²) in [4.78, 5) is 38.4. The van der Waals surface area contributed by atoms with Crippen molar-refractivity contribution in [1.29, 1.82) is 0 Å². The van der Waals surface area contributed by atoms with E-state index in [1.54, 1.807) is 0 Å². The summed E-state index contributed by atoms with van der Waals surface area (Å²) in [7, 11) is 0. The van der Waals surface area contributed by atoms with Gasteiger partial charge in [-0.15, -0.1) is 0 Å². The van der Waals surface area contributed by atoms with Crippen LogP contribution in [0.5, 0.6) is 0 Å². The van der Waals surface area contributed by atoms with Gasteiger partial charge in [0.2, 0.25) is 0 Å². The average molecular weight is 1120 g/mol. The molecular formula is C74H138O6. The van der Waals surface area contributed by atoms with Gasteiger partial charge in [-0.2, -0.15) is 0 Å². The van der Waals surface area contributed by atoms with Gasteiger partial charge in [0.1, 0.15) is 13.2 Å². The molecule has 0 spiro atoms. The maximum Gasteiger partial charge on any atom is 0.306 e. The lowest BCUT2D eigenvalue weighted by Crippen LogP contribution is -2.30. The first-order valence-corrected chi connectivity index (χ1v) is 36.0. The molecule has 0 aromatic rings. The van der Waals surface area contributed by atoms with E-state index in [9.17, 15) is 14.4 Å². The van der Waals surface area contributed by atoms with Crippen molar-refractivity contribution < 1.29 is 28.6 Å². The second kappa shape index (κ2) is 69.1. The molecule has 0 radical (unpaired) electrons. The second-order valence-electron chi connectivity index (χ2n) is 24.5. The quantitative estimate of drug-likeness (QED) is 0.0261. The minimum atomic E-state index is -0.782. The Labute approximate surface area is 499 Å². The van der Waals surface area contributed by atoms with Crippen molar-refractivity contribution >= 4 is 17.9 Å². The Morgan fingerprint density at radius 2 is 0.487 bits per heavy atom. The predicted molar refractivity (Wildman–Crippen MR) is 349 cm³/mol. The average Bonchev–Trinajstić information content (AvgIpc) is 3.46. The molecule has 0 fully saturated rings. The van der Waals surface area contributed by atoms with Crippen LogP contribution in [0, 0.1) is 0 Å². The molecule has 0 aliphatic heterocycles. The fraction of sp³-hybridized carbons (Fsp3) is 0.878. The maximum atomic E-state index is 12.9. The number of unbranched alkanes of at least 4 members (excludes halogenated alkanes) is 50. The minimum absolute atomic E-state index is 0.0757. The van der Waals surface area contributed by atoms with E-state index >= 15 is 0 Å². The zero-order valence-electron chi connectivity index (χ0n) is 54.1. The van der Waals surface area contributed by atoms with Crippen molar-refractivity contribution in [3.05, 3.63) is 36.5 Å². The second-order valence-corrected chi connectivity index (χ2v) is 24.5. The molecule has 80 heavy (non-hydrogen) atoms. The molecule has 0 aliphatic carbocycles. The van der Waals surface area contributed by atoms with E-state index in [0.29, 0.717) is 19.3 Å². The highest BCUT2D eigenvalue weighted by Crippen LogP contribution is 2.19. The molecular weight excluding hydrogens is 985 g/mol. The predicted octanol–water partition coefficient (Wildman–Crippen LogP) is 24.7. The van der Waals surface area contributed by atoms with E-state index in [1.807, 2.05) is 0 Å². The van der Waals surface area contributed by atoms with Crippen LogP contribution >= 0.6 is 0 Å². The summed E-state index contributed by atoms with van der Waals surface area (Å²) >= 11 is 0. The molecule has 1 atom stereocenters. The van der Waals surface area contributed by atoms with Gasteiger partial charge in [0.15, 0.2) is 6.10 Å². The van der Waals surface area contributed by atoms with Crippen LogP contribution in [0.3, 0.4) is 0 Å². The lowest BCUT2D eigenvalue weighted by Gasteiger charge is -2.18. The SMILES string of the molecule is CC/C=C\C/C=C\C/C=C\CCCCCC(=O)OCC(COC(=O)CCCCCCCCCCCCCCCCCCCCCCCCCCCCC)OC(=O)CCCCCCCCCCCCCCCCCCCCCCCC. The first-order chi connectivity index (χ1) is 39.5. The van der Waals surface area contributed by atoms with Gasteiger partial charge in [-0.05, 0) is 51.4 Å². The molecule has 6 nitrogen and oxygen atoms in total. The summed E-state index contributed by atoms with van der Waals surface area (Å²) in [6, 6.07) is 0. The van der Waals surface area contributed by atoms with Crippen LogP contribution in [0.15, 0.2) is 36.5 Å². The van der Waals surface area contributed by atoms with Gasteiger partial charge in [0, 0.05) is 19.3 Å². The number of ether oxygens (including phenoxy) is 3. The van der Waals surface area contributed by atoms with E-state index in [1.165, 1.54) is 276 Å². The van der Waals surface area contributed by atoms with Crippen molar-refractivity contribution in [2.24, 2.45) is 0 Å². The third-order valence-electron chi connectivity index (χ3n) is 16.4. The van der Waals surface area contributed by atoms with Crippen LogP contribution in [0.25, 0.3) is 0 Å². The van der Waals surface area contributed by atoms with E-state index < -0.39 is 6.10 Å². The van der Waals surface area contributed by atoms with Crippen molar-refractivity contribution in [1.82, 2.24) is 0 Å². The number of hydrogen-bond acceptors (Lipinski definition) is 6. The molecule has 470 valence electrons. The summed E-state index contributed by atoms with van der Waals surface area (Å²) in [5.74, 6) is -0.876. The number of rotatable bonds is 67. The van der Waals surface area contributed by atoms with E-state index in [4.69, 9.17) is 14.2 Å². The lowest BCUT2D eigenvalue weighted by atomic mass is 10.0. The van der Waals surface area contributed by atoms with Crippen LogP contribution in [-0.2, 0) is 28.6 Å². The third kappa shape index (κ3) is 66.4. The van der Waals surface area contributed by atoms with Crippen molar-refractivity contribution in [2.45, 2.75) is 406 Å². The molecule has 0 bridgehead atoms. The zero-order valence-corrected chi connectivity index (χ0v) is 54.1. The standard InChI is InChI=1S/C74H138O6/c1-4-7-10-13-16-19-22-25-27-29-31-33-35-36-37-38-39-41-42-44-46-49-52-55-58-61-64-67-73(76)79-70-71(69-78-72(75)66-63-60-57-54-51-48-24-21-18-15-12-9-6-3)80-74(77)68-65-62-59-56-53-50-47-45-43-40-34-32-30-28-26-23-20-17-14-11-8-5-2/h9,12,18,21,48,51,71H,4-8,10-11,13-17,19-20,22-47,49-50,52-70H2,1-3H3/b12-9-,21-18-,51-48-. The number of hydrogen-bond donors (Lipinski definition) is 0. The Kier molecular flexibility index (Phi) is 67.1. The molecule has 0 amide bonds. The van der Waals surface area contributed by atoms with E-state index in [0.717, 1.165) is 83.5 Å². The fourth-order valence-electron chi connectivity index (χ4n) is 11.1. The molecule has 0 N–H and O–H groups in total. The summed E-state index contributed by atoms with van der Waals surface area (Å²) < 4.78 is 17.0. The highest BCUT2D eigenvalue weighted by molar-refractivity contribution is 5.71.